The van der Waals surface area contributed by atoms with E-state index in [0.29, 0.717) is 0 Å². The molecule has 0 aromatic heterocycles. The molecule has 0 bridgehead atoms. The zero-order valence-electron chi connectivity index (χ0n) is 9.90. The van der Waals surface area contributed by atoms with E-state index in [4.69, 9.17) is 0 Å². The van der Waals surface area contributed by atoms with Gasteiger partial charge < -0.3 is 5.11 Å². The first-order chi connectivity index (χ1) is 7.22. The highest BCUT2D eigenvalue weighted by atomic mass is 32.2. The van der Waals surface area contributed by atoms with E-state index >= 15 is 0 Å². The maximum absolute atomic E-state index is 11.1. The second-order valence-corrected chi connectivity index (χ2v) is 6.73. The molecule has 0 aliphatic carbocycles. The number of aryl methyl sites for hydroxylation is 1. The second kappa shape index (κ2) is 4.55. The molecule has 0 heterocycles. The molecule has 0 fully saturated rings. The SMILES string of the molecule is Cc1ccccc1C(C)(O)CCS(C)(=O)=O. The summed E-state index contributed by atoms with van der Waals surface area (Å²) >= 11 is 0. The van der Waals surface area contributed by atoms with Crippen LogP contribution in [-0.2, 0) is 15.4 Å². The zero-order chi connectivity index (χ0) is 12.4. The lowest BCUT2D eigenvalue weighted by molar-refractivity contribution is 0.0532. The summed E-state index contributed by atoms with van der Waals surface area (Å²) in [5.74, 6) is -0.00562. The second-order valence-electron chi connectivity index (χ2n) is 4.47. The molecular formula is C12H18O3S. The molecule has 0 amide bonds. The molecule has 0 saturated heterocycles. The molecular weight excluding hydrogens is 224 g/mol. The van der Waals surface area contributed by atoms with Gasteiger partial charge in [-0.25, -0.2) is 8.42 Å². The Morgan fingerprint density at radius 3 is 2.38 bits per heavy atom. The van der Waals surface area contributed by atoms with Crippen molar-refractivity contribution in [1.29, 1.82) is 0 Å². The van der Waals surface area contributed by atoms with E-state index in [9.17, 15) is 13.5 Å². The summed E-state index contributed by atoms with van der Waals surface area (Å²) < 4.78 is 22.2. The van der Waals surface area contributed by atoms with E-state index in [-0.39, 0.29) is 12.2 Å². The molecule has 1 aromatic carbocycles. The summed E-state index contributed by atoms with van der Waals surface area (Å²) in [7, 11) is -3.04. The van der Waals surface area contributed by atoms with Gasteiger partial charge in [0.15, 0.2) is 0 Å². The van der Waals surface area contributed by atoms with Crippen molar-refractivity contribution < 1.29 is 13.5 Å². The van der Waals surface area contributed by atoms with Gasteiger partial charge in [-0.1, -0.05) is 24.3 Å². The van der Waals surface area contributed by atoms with Gasteiger partial charge in [0, 0.05) is 6.26 Å². The normalized spacial score (nSPS) is 15.8. The average molecular weight is 242 g/mol. The van der Waals surface area contributed by atoms with E-state index in [1.807, 2.05) is 31.2 Å². The minimum absolute atomic E-state index is 0.00562. The summed E-state index contributed by atoms with van der Waals surface area (Å²) in [6.45, 7) is 3.56. The summed E-state index contributed by atoms with van der Waals surface area (Å²) in [5, 5.41) is 10.3. The number of aliphatic hydroxyl groups is 1. The van der Waals surface area contributed by atoms with Crippen LogP contribution in [0.2, 0.25) is 0 Å². The van der Waals surface area contributed by atoms with Gasteiger partial charge in [-0.05, 0) is 31.4 Å². The molecule has 90 valence electrons. The third-order valence-corrected chi connectivity index (χ3v) is 3.63. The van der Waals surface area contributed by atoms with Crippen LogP contribution in [0.5, 0.6) is 0 Å². The smallest absolute Gasteiger partial charge is 0.147 e. The van der Waals surface area contributed by atoms with Gasteiger partial charge in [-0.2, -0.15) is 0 Å². The molecule has 0 radical (unpaired) electrons. The van der Waals surface area contributed by atoms with E-state index < -0.39 is 15.4 Å². The molecule has 1 aromatic rings. The van der Waals surface area contributed by atoms with E-state index in [0.717, 1.165) is 11.1 Å². The van der Waals surface area contributed by atoms with Crippen LogP contribution < -0.4 is 0 Å². The van der Waals surface area contributed by atoms with E-state index in [1.54, 1.807) is 6.92 Å². The highest BCUT2D eigenvalue weighted by molar-refractivity contribution is 7.90. The van der Waals surface area contributed by atoms with Gasteiger partial charge in [0.1, 0.15) is 9.84 Å². The lowest BCUT2D eigenvalue weighted by Crippen LogP contribution is -2.25. The van der Waals surface area contributed by atoms with Crippen molar-refractivity contribution in [3.05, 3.63) is 35.4 Å². The fourth-order valence-electron chi connectivity index (χ4n) is 1.70. The summed E-state index contributed by atoms with van der Waals surface area (Å²) in [4.78, 5) is 0. The van der Waals surface area contributed by atoms with Crippen LogP contribution in [0.25, 0.3) is 0 Å². The summed E-state index contributed by atoms with van der Waals surface area (Å²) in [6.07, 6.45) is 1.40. The Bertz CT molecular complexity index is 461. The van der Waals surface area contributed by atoms with Crippen LogP contribution in [0, 0.1) is 6.92 Å². The predicted molar refractivity (Wildman–Crippen MR) is 65.1 cm³/mol. The number of sulfone groups is 1. The topological polar surface area (TPSA) is 54.4 Å². The zero-order valence-corrected chi connectivity index (χ0v) is 10.7. The maximum atomic E-state index is 11.1. The Kier molecular flexibility index (Phi) is 3.76. The van der Waals surface area contributed by atoms with Crippen LogP contribution in [-0.4, -0.2) is 25.5 Å². The predicted octanol–water partition coefficient (Wildman–Crippen LogP) is 1.64. The lowest BCUT2D eigenvalue weighted by atomic mass is 9.90. The highest BCUT2D eigenvalue weighted by Gasteiger charge is 2.25. The largest absolute Gasteiger partial charge is 0.385 e. The maximum Gasteiger partial charge on any atom is 0.147 e. The molecule has 0 aliphatic rings. The highest BCUT2D eigenvalue weighted by Crippen LogP contribution is 2.27. The number of benzene rings is 1. The van der Waals surface area contributed by atoms with Crippen LogP contribution in [0.3, 0.4) is 0 Å². The molecule has 1 rings (SSSR count). The molecule has 4 heteroatoms. The van der Waals surface area contributed by atoms with Gasteiger partial charge in [0.05, 0.1) is 11.4 Å². The van der Waals surface area contributed by atoms with Crippen LogP contribution >= 0.6 is 0 Å². The molecule has 0 aliphatic heterocycles. The molecule has 1 unspecified atom stereocenters. The van der Waals surface area contributed by atoms with Gasteiger partial charge in [-0.3, -0.25) is 0 Å². The summed E-state index contributed by atoms with van der Waals surface area (Å²) in [5.41, 5.74) is 0.675. The Labute approximate surface area is 97.0 Å². The van der Waals surface area contributed by atoms with Crippen molar-refractivity contribution in [3.63, 3.8) is 0 Å². The monoisotopic (exact) mass is 242 g/mol. The molecule has 0 spiro atoms. The van der Waals surface area contributed by atoms with Gasteiger partial charge in [0.25, 0.3) is 0 Å². The Morgan fingerprint density at radius 2 is 1.88 bits per heavy atom. The fourth-order valence-corrected chi connectivity index (χ4v) is 2.46. The number of hydrogen-bond acceptors (Lipinski definition) is 3. The van der Waals surface area contributed by atoms with Crippen molar-refractivity contribution in [1.82, 2.24) is 0 Å². The minimum Gasteiger partial charge on any atom is -0.385 e. The molecule has 1 N–H and O–H groups in total. The molecule has 0 saturated carbocycles. The van der Waals surface area contributed by atoms with Gasteiger partial charge in [-0.15, -0.1) is 0 Å². The molecule has 16 heavy (non-hydrogen) atoms. The quantitative estimate of drug-likeness (QED) is 0.873. The van der Waals surface area contributed by atoms with Crippen molar-refractivity contribution in [2.24, 2.45) is 0 Å². The van der Waals surface area contributed by atoms with E-state index in [2.05, 4.69) is 0 Å². The molecule has 3 nitrogen and oxygen atoms in total. The Morgan fingerprint density at radius 1 is 1.31 bits per heavy atom. The van der Waals surface area contributed by atoms with Crippen molar-refractivity contribution in [3.8, 4) is 0 Å². The Balaban J connectivity index is 2.90. The standard InChI is InChI=1S/C12H18O3S/c1-10-6-4-5-7-11(10)12(2,13)8-9-16(3,14)15/h4-7,13H,8-9H2,1-3H3. The first-order valence-corrected chi connectivity index (χ1v) is 7.25. The lowest BCUT2D eigenvalue weighted by Gasteiger charge is -2.25. The first kappa shape index (κ1) is 13.2. The first-order valence-electron chi connectivity index (χ1n) is 5.18. The fraction of sp³-hybridized carbons (Fsp3) is 0.500. The summed E-state index contributed by atoms with van der Waals surface area (Å²) in [6, 6.07) is 7.48. The van der Waals surface area contributed by atoms with Crippen LogP contribution in [0.1, 0.15) is 24.5 Å². The van der Waals surface area contributed by atoms with Crippen molar-refractivity contribution in [2.45, 2.75) is 25.9 Å². The number of hydrogen-bond donors (Lipinski definition) is 1. The minimum atomic E-state index is -3.04. The van der Waals surface area contributed by atoms with Gasteiger partial charge in [0.2, 0.25) is 0 Å². The van der Waals surface area contributed by atoms with Crippen LogP contribution in [0.4, 0.5) is 0 Å². The van der Waals surface area contributed by atoms with Crippen LogP contribution in [0.15, 0.2) is 24.3 Å². The van der Waals surface area contributed by atoms with Gasteiger partial charge >= 0.3 is 0 Å². The van der Waals surface area contributed by atoms with Crippen molar-refractivity contribution in [2.75, 3.05) is 12.0 Å². The van der Waals surface area contributed by atoms with Crippen molar-refractivity contribution >= 4 is 9.84 Å². The molecule has 1 atom stereocenters. The number of rotatable bonds is 4. The average Bonchev–Trinajstić information content (AvgIpc) is 2.14. The third kappa shape index (κ3) is 3.61. The van der Waals surface area contributed by atoms with E-state index in [1.165, 1.54) is 6.26 Å². The third-order valence-electron chi connectivity index (χ3n) is 2.68. The Hall–Kier alpha value is -0.870.